The Labute approximate surface area is 122 Å². The fourth-order valence-corrected chi connectivity index (χ4v) is 2.45. The first kappa shape index (κ1) is 14.7. The second-order valence-corrected chi connectivity index (χ2v) is 5.62. The van der Waals surface area contributed by atoms with Crippen LogP contribution in [0.25, 0.3) is 0 Å². The smallest absolute Gasteiger partial charge is 0.144 e. The van der Waals surface area contributed by atoms with Crippen molar-refractivity contribution in [3.63, 3.8) is 0 Å². The third kappa shape index (κ3) is 3.89. The maximum absolute atomic E-state index is 2.32. The molecule has 0 saturated carbocycles. The molecule has 0 aromatic carbocycles. The molecule has 106 valence electrons. The Morgan fingerprint density at radius 1 is 0.800 bits per heavy atom. The Kier molecular flexibility index (Phi) is 5.28. The third-order valence-electron chi connectivity index (χ3n) is 3.79. The predicted octanol–water partition coefficient (Wildman–Crippen LogP) is 3.51. The summed E-state index contributed by atoms with van der Waals surface area (Å²) in [6.45, 7) is 6.53. The van der Waals surface area contributed by atoms with Crippen molar-refractivity contribution in [3.05, 3.63) is 60.2 Å². The van der Waals surface area contributed by atoms with E-state index >= 15 is 0 Å². The van der Waals surface area contributed by atoms with Gasteiger partial charge in [0.2, 0.25) is 0 Å². The second kappa shape index (κ2) is 7.18. The molecule has 0 amide bonds. The van der Waals surface area contributed by atoms with Crippen molar-refractivity contribution in [2.45, 2.75) is 52.6 Å². The molecule has 0 radical (unpaired) electrons. The number of rotatable bonds is 6. The Balaban J connectivity index is 2.23. The van der Waals surface area contributed by atoms with Crippen LogP contribution in [0, 0.1) is 13.8 Å². The zero-order valence-electron chi connectivity index (χ0n) is 12.9. The van der Waals surface area contributed by atoms with Gasteiger partial charge in [0, 0.05) is 24.3 Å². The highest BCUT2D eigenvalue weighted by Gasteiger charge is 2.26. The number of aryl methyl sites for hydroxylation is 2. The highest BCUT2D eigenvalue weighted by atomic mass is 15.2. The van der Waals surface area contributed by atoms with Crippen molar-refractivity contribution < 1.29 is 9.13 Å². The van der Waals surface area contributed by atoms with Crippen LogP contribution < -0.4 is 9.13 Å². The molecule has 0 aliphatic rings. The highest BCUT2D eigenvalue weighted by Crippen LogP contribution is 2.08. The average molecular weight is 270 g/mol. The lowest BCUT2D eigenvalue weighted by Gasteiger charge is -2.08. The highest BCUT2D eigenvalue weighted by molar-refractivity contribution is 5.04. The summed E-state index contributed by atoms with van der Waals surface area (Å²) >= 11 is 0. The van der Waals surface area contributed by atoms with Crippen molar-refractivity contribution in [1.29, 1.82) is 0 Å². The molecule has 0 unspecified atom stereocenters. The molecule has 0 N–H and O–H groups in total. The van der Waals surface area contributed by atoms with Crippen molar-refractivity contribution in [1.82, 2.24) is 0 Å². The van der Waals surface area contributed by atoms with Gasteiger partial charge in [0.1, 0.15) is 0 Å². The molecule has 2 heteroatoms. The van der Waals surface area contributed by atoms with Gasteiger partial charge in [-0.15, -0.1) is 9.13 Å². The molecule has 0 atom stereocenters. The summed E-state index contributed by atoms with van der Waals surface area (Å²) in [5.41, 5.74) is 2.62. The van der Waals surface area contributed by atoms with Crippen LogP contribution in [0.4, 0.5) is 0 Å². The van der Waals surface area contributed by atoms with Gasteiger partial charge >= 0.3 is 6.17 Å². The van der Waals surface area contributed by atoms with Gasteiger partial charge in [-0.25, -0.2) is 0 Å². The monoisotopic (exact) mass is 270 g/mol. The van der Waals surface area contributed by atoms with Crippen molar-refractivity contribution in [2.75, 3.05) is 0 Å². The van der Waals surface area contributed by atoms with Crippen molar-refractivity contribution >= 4 is 0 Å². The van der Waals surface area contributed by atoms with Crippen LogP contribution in [0.1, 0.15) is 49.9 Å². The quantitative estimate of drug-likeness (QED) is 0.560. The zero-order valence-corrected chi connectivity index (χ0v) is 12.9. The number of aromatic nitrogens is 2. The van der Waals surface area contributed by atoms with Crippen LogP contribution in [0.15, 0.2) is 49.1 Å². The van der Waals surface area contributed by atoms with E-state index in [-0.39, 0.29) is 0 Å². The molecule has 2 aromatic heterocycles. The van der Waals surface area contributed by atoms with Crippen LogP contribution in [-0.4, -0.2) is 0 Å². The molecule has 0 spiro atoms. The van der Waals surface area contributed by atoms with Crippen LogP contribution in [0.3, 0.4) is 0 Å². The molecular formula is C18H26N2+2. The predicted molar refractivity (Wildman–Crippen MR) is 81.3 cm³/mol. The van der Waals surface area contributed by atoms with Gasteiger partial charge in [-0.2, -0.15) is 0 Å². The Morgan fingerprint density at radius 2 is 1.25 bits per heavy atom. The van der Waals surface area contributed by atoms with E-state index in [0.717, 1.165) is 0 Å². The normalized spacial score (nSPS) is 11.0. The molecule has 0 bridgehead atoms. The van der Waals surface area contributed by atoms with Gasteiger partial charge in [0.05, 0.1) is 6.42 Å². The van der Waals surface area contributed by atoms with Gasteiger partial charge in [-0.05, 0) is 31.4 Å². The molecule has 2 rings (SSSR count). The standard InChI is InChI=1S/C18H26N2/c1-4-5-6-7-18(19-12-8-16(2)9-13-19)20-14-10-17(3)11-15-20/h8-15,18H,4-7H2,1-3H3/q+2. The van der Waals surface area contributed by atoms with Gasteiger partial charge in [-0.3, -0.25) is 0 Å². The minimum Gasteiger partial charge on any atom is -0.144 e. The summed E-state index contributed by atoms with van der Waals surface area (Å²) in [7, 11) is 0. The first-order valence-electron chi connectivity index (χ1n) is 7.65. The largest absolute Gasteiger partial charge is 0.352 e. The molecule has 0 saturated heterocycles. The molecule has 2 heterocycles. The lowest BCUT2D eigenvalue weighted by atomic mass is 10.1. The van der Waals surface area contributed by atoms with E-state index in [1.54, 1.807) is 0 Å². The zero-order chi connectivity index (χ0) is 14.4. The fourth-order valence-electron chi connectivity index (χ4n) is 2.45. The average Bonchev–Trinajstić information content (AvgIpc) is 2.46. The van der Waals surface area contributed by atoms with Crippen LogP contribution in [0.2, 0.25) is 0 Å². The van der Waals surface area contributed by atoms with Gasteiger partial charge in [0.25, 0.3) is 0 Å². The fraction of sp³-hybridized carbons (Fsp3) is 0.444. The Hall–Kier alpha value is -1.70. The molecule has 0 aliphatic heterocycles. The molecule has 0 aliphatic carbocycles. The first-order chi connectivity index (χ1) is 9.70. The minimum absolute atomic E-state index is 0.378. The van der Waals surface area contributed by atoms with E-state index in [2.05, 4.69) is 79.0 Å². The summed E-state index contributed by atoms with van der Waals surface area (Å²) in [5, 5.41) is 0. The molecule has 20 heavy (non-hydrogen) atoms. The summed E-state index contributed by atoms with van der Waals surface area (Å²) in [5.74, 6) is 0. The van der Waals surface area contributed by atoms with Crippen LogP contribution >= 0.6 is 0 Å². The SMILES string of the molecule is CCCCCC([n+]1ccc(C)cc1)[n+]1ccc(C)cc1. The summed E-state index contributed by atoms with van der Waals surface area (Å²) < 4.78 is 4.63. The van der Waals surface area contributed by atoms with Crippen LogP contribution in [0.5, 0.6) is 0 Å². The van der Waals surface area contributed by atoms with E-state index in [0.29, 0.717) is 6.17 Å². The number of unbranched alkanes of at least 4 members (excludes halogenated alkanes) is 2. The molecular weight excluding hydrogens is 244 g/mol. The van der Waals surface area contributed by atoms with E-state index < -0.39 is 0 Å². The number of nitrogens with zero attached hydrogens (tertiary/aromatic N) is 2. The van der Waals surface area contributed by atoms with Gasteiger partial charge in [-0.1, -0.05) is 19.8 Å². The summed E-state index contributed by atoms with van der Waals surface area (Å²) in [6, 6.07) is 8.73. The van der Waals surface area contributed by atoms with Gasteiger partial charge in [0.15, 0.2) is 24.8 Å². The molecule has 0 fully saturated rings. The maximum atomic E-state index is 2.32. The Bertz CT molecular complexity index is 469. The Morgan fingerprint density at radius 3 is 1.65 bits per heavy atom. The molecule has 2 nitrogen and oxygen atoms in total. The second-order valence-electron chi connectivity index (χ2n) is 5.62. The van der Waals surface area contributed by atoms with Crippen molar-refractivity contribution in [3.8, 4) is 0 Å². The summed E-state index contributed by atoms with van der Waals surface area (Å²) in [4.78, 5) is 0. The maximum Gasteiger partial charge on any atom is 0.352 e. The lowest BCUT2D eigenvalue weighted by Crippen LogP contribution is -2.56. The minimum atomic E-state index is 0.378. The first-order valence-corrected chi connectivity index (χ1v) is 7.65. The van der Waals surface area contributed by atoms with E-state index in [4.69, 9.17) is 0 Å². The van der Waals surface area contributed by atoms with E-state index in [9.17, 15) is 0 Å². The molecule has 2 aromatic rings. The number of hydrogen-bond donors (Lipinski definition) is 0. The van der Waals surface area contributed by atoms with E-state index in [1.165, 1.54) is 36.8 Å². The van der Waals surface area contributed by atoms with Gasteiger partial charge < -0.3 is 0 Å². The van der Waals surface area contributed by atoms with Crippen molar-refractivity contribution in [2.24, 2.45) is 0 Å². The topological polar surface area (TPSA) is 7.76 Å². The number of hydrogen-bond acceptors (Lipinski definition) is 0. The summed E-state index contributed by atoms with van der Waals surface area (Å²) in [6.07, 6.45) is 14.2. The number of pyridine rings is 2. The third-order valence-corrected chi connectivity index (χ3v) is 3.79. The lowest BCUT2D eigenvalue weighted by molar-refractivity contribution is -0.945. The van der Waals surface area contributed by atoms with E-state index in [1.807, 2.05) is 0 Å². The van der Waals surface area contributed by atoms with Crippen LogP contribution in [-0.2, 0) is 0 Å².